The molecule has 1 heterocycles. The fourth-order valence-corrected chi connectivity index (χ4v) is 2.00. The van der Waals surface area contributed by atoms with E-state index in [0.717, 1.165) is 11.0 Å². The van der Waals surface area contributed by atoms with Gasteiger partial charge in [0.1, 0.15) is 5.69 Å². The van der Waals surface area contributed by atoms with Gasteiger partial charge >= 0.3 is 0 Å². The van der Waals surface area contributed by atoms with Crippen LogP contribution >= 0.6 is 0 Å². The van der Waals surface area contributed by atoms with Gasteiger partial charge in [0.2, 0.25) is 0 Å². The second-order valence-electron chi connectivity index (χ2n) is 4.78. The molecule has 0 radical (unpaired) electrons. The van der Waals surface area contributed by atoms with Gasteiger partial charge in [-0.25, -0.2) is 0 Å². The van der Waals surface area contributed by atoms with Crippen molar-refractivity contribution in [1.29, 1.82) is 0 Å². The summed E-state index contributed by atoms with van der Waals surface area (Å²) in [6, 6.07) is 2.27. The molecule has 1 aliphatic heterocycles. The number of nitrogen functional groups attached to an aromatic ring is 1. The Labute approximate surface area is 114 Å². The lowest BCUT2D eigenvalue weighted by Crippen LogP contribution is -2.35. The lowest BCUT2D eigenvalue weighted by molar-refractivity contribution is -0.383. The van der Waals surface area contributed by atoms with Crippen molar-refractivity contribution >= 4 is 23.2 Å². The molecule has 1 aromatic rings. The molecule has 1 aliphatic rings. The SMILES string of the molecule is CN(C)CCN1C(=O)c2cc(N)c([N+](=O)[O-])cc2C1=O. The van der Waals surface area contributed by atoms with Crippen molar-refractivity contribution in [2.75, 3.05) is 32.9 Å². The maximum Gasteiger partial charge on any atom is 0.292 e. The standard InChI is InChI=1S/C12H14N4O4/c1-14(2)3-4-15-11(17)7-5-9(13)10(16(19)20)6-8(7)12(15)18/h5-6H,3-4,13H2,1-2H3. The summed E-state index contributed by atoms with van der Waals surface area (Å²) >= 11 is 0. The molecule has 2 rings (SSSR count). The summed E-state index contributed by atoms with van der Waals surface area (Å²) in [5.74, 6) is -0.983. The van der Waals surface area contributed by atoms with Gasteiger partial charge in [-0.2, -0.15) is 0 Å². The van der Waals surface area contributed by atoms with Crippen molar-refractivity contribution in [3.05, 3.63) is 33.4 Å². The van der Waals surface area contributed by atoms with Crippen LogP contribution < -0.4 is 5.73 Å². The molecule has 0 saturated heterocycles. The van der Waals surface area contributed by atoms with Crippen LogP contribution in [0.4, 0.5) is 11.4 Å². The van der Waals surface area contributed by atoms with Crippen molar-refractivity contribution in [3.8, 4) is 0 Å². The third-order valence-corrected chi connectivity index (χ3v) is 3.09. The maximum atomic E-state index is 12.1. The number of benzene rings is 1. The molecule has 0 fully saturated rings. The number of nitrogens with two attached hydrogens (primary N) is 1. The Morgan fingerprint density at radius 2 is 1.80 bits per heavy atom. The zero-order valence-electron chi connectivity index (χ0n) is 11.1. The van der Waals surface area contributed by atoms with E-state index >= 15 is 0 Å². The zero-order valence-corrected chi connectivity index (χ0v) is 11.1. The number of carbonyl (C=O) groups is 2. The minimum Gasteiger partial charge on any atom is -0.393 e. The number of nitro groups is 1. The van der Waals surface area contributed by atoms with Crippen LogP contribution in [-0.2, 0) is 0 Å². The summed E-state index contributed by atoms with van der Waals surface area (Å²) in [6.07, 6.45) is 0. The highest BCUT2D eigenvalue weighted by molar-refractivity contribution is 6.22. The number of hydrogen-bond donors (Lipinski definition) is 1. The second-order valence-corrected chi connectivity index (χ2v) is 4.78. The van der Waals surface area contributed by atoms with Gasteiger partial charge in [-0.05, 0) is 20.2 Å². The molecular formula is C12H14N4O4. The lowest BCUT2D eigenvalue weighted by Gasteiger charge is -2.16. The predicted molar refractivity (Wildman–Crippen MR) is 71.4 cm³/mol. The van der Waals surface area contributed by atoms with Crippen LogP contribution in [-0.4, -0.2) is 53.7 Å². The van der Waals surface area contributed by atoms with E-state index in [2.05, 4.69) is 0 Å². The molecule has 2 amide bonds. The molecule has 2 N–H and O–H groups in total. The first kappa shape index (κ1) is 13.9. The van der Waals surface area contributed by atoms with Crippen LogP contribution in [0.1, 0.15) is 20.7 Å². The van der Waals surface area contributed by atoms with Gasteiger partial charge < -0.3 is 10.6 Å². The lowest BCUT2D eigenvalue weighted by atomic mass is 10.1. The summed E-state index contributed by atoms with van der Waals surface area (Å²) < 4.78 is 0. The molecule has 0 aromatic heterocycles. The number of amides is 2. The minimum atomic E-state index is -0.671. The summed E-state index contributed by atoms with van der Waals surface area (Å²) in [7, 11) is 3.64. The van der Waals surface area contributed by atoms with E-state index in [9.17, 15) is 19.7 Å². The van der Waals surface area contributed by atoms with Crippen LogP contribution in [0.25, 0.3) is 0 Å². The monoisotopic (exact) mass is 278 g/mol. The quantitative estimate of drug-likeness (QED) is 0.368. The number of hydrogen-bond acceptors (Lipinski definition) is 6. The van der Waals surface area contributed by atoms with Gasteiger partial charge in [0.25, 0.3) is 17.5 Å². The Bertz CT molecular complexity index is 612. The molecule has 20 heavy (non-hydrogen) atoms. The van der Waals surface area contributed by atoms with E-state index in [1.54, 1.807) is 0 Å². The van der Waals surface area contributed by atoms with Crippen LogP contribution in [0.3, 0.4) is 0 Å². The molecule has 0 spiro atoms. The van der Waals surface area contributed by atoms with Gasteiger partial charge in [0.15, 0.2) is 0 Å². The van der Waals surface area contributed by atoms with Crippen molar-refractivity contribution in [3.63, 3.8) is 0 Å². The van der Waals surface area contributed by atoms with Crippen molar-refractivity contribution in [2.45, 2.75) is 0 Å². The van der Waals surface area contributed by atoms with E-state index in [1.807, 2.05) is 19.0 Å². The van der Waals surface area contributed by atoms with E-state index in [0.29, 0.717) is 6.54 Å². The molecule has 0 unspecified atom stereocenters. The van der Waals surface area contributed by atoms with Crippen LogP contribution in [0.5, 0.6) is 0 Å². The van der Waals surface area contributed by atoms with Crippen LogP contribution in [0, 0.1) is 10.1 Å². The van der Waals surface area contributed by atoms with Crippen molar-refractivity contribution in [1.82, 2.24) is 9.80 Å². The van der Waals surface area contributed by atoms with E-state index in [4.69, 9.17) is 5.73 Å². The van der Waals surface area contributed by atoms with Crippen LogP contribution in [0.2, 0.25) is 0 Å². The number of nitrogens with zero attached hydrogens (tertiary/aromatic N) is 3. The maximum absolute atomic E-state index is 12.1. The molecular weight excluding hydrogens is 264 g/mol. The highest BCUT2D eigenvalue weighted by Crippen LogP contribution is 2.31. The molecule has 0 aliphatic carbocycles. The molecule has 0 saturated carbocycles. The fraction of sp³-hybridized carbons (Fsp3) is 0.333. The van der Waals surface area contributed by atoms with E-state index in [1.165, 1.54) is 6.07 Å². The van der Waals surface area contributed by atoms with Crippen LogP contribution in [0.15, 0.2) is 12.1 Å². The highest BCUT2D eigenvalue weighted by atomic mass is 16.6. The third-order valence-electron chi connectivity index (χ3n) is 3.09. The molecule has 8 nitrogen and oxygen atoms in total. The Morgan fingerprint density at radius 3 is 2.30 bits per heavy atom. The average molecular weight is 278 g/mol. The topological polar surface area (TPSA) is 110 Å². The summed E-state index contributed by atoms with van der Waals surface area (Å²) in [5, 5.41) is 10.8. The Balaban J connectivity index is 2.39. The first-order chi connectivity index (χ1) is 9.32. The van der Waals surface area contributed by atoms with Gasteiger partial charge in [-0.3, -0.25) is 24.6 Å². The summed E-state index contributed by atoms with van der Waals surface area (Å²) in [5.41, 5.74) is 5.21. The number of imide groups is 1. The number of anilines is 1. The number of carbonyl (C=O) groups excluding carboxylic acids is 2. The molecule has 106 valence electrons. The Morgan fingerprint density at radius 1 is 1.25 bits per heavy atom. The van der Waals surface area contributed by atoms with Gasteiger partial charge in [0, 0.05) is 19.2 Å². The number of rotatable bonds is 4. The van der Waals surface area contributed by atoms with E-state index in [-0.39, 0.29) is 29.0 Å². The third kappa shape index (κ3) is 2.21. The van der Waals surface area contributed by atoms with Crippen molar-refractivity contribution in [2.24, 2.45) is 0 Å². The molecule has 0 atom stereocenters. The Kier molecular flexibility index (Phi) is 3.41. The summed E-state index contributed by atoms with van der Waals surface area (Å²) in [6.45, 7) is 0.746. The number of likely N-dealkylation sites (N-methyl/N-ethyl adjacent to an activating group) is 1. The van der Waals surface area contributed by atoms with Gasteiger partial charge in [0.05, 0.1) is 16.1 Å². The summed E-state index contributed by atoms with van der Waals surface area (Å²) in [4.78, 5) is 37.3. The van der Waals surface area contributed by atoms with Crippen molar-refractivity contribution < 1.29 is 14.5 Å². The zero-order chi connectivity index (χ0) is 15.0. The Hall–Kier alpha value is -2.48. The first-order valence-corrected chi connectivity index (χ1v) is 5.91. The minimum absolute atomic E-state index is 0.0367. The molecule has 0 bridgehead atoms. The number of fused-ring (bicyclic) bond motifs is 1. The average Bonchev–Trinajstić information content (AvgIpc) is 2.58. The second kappa shape index (κ2) is 4.89. The fourth-order valence-electron chi connectivity index (χ4n) is 2.00. The van der Waals surface area contributed by atoms with Gasteiger partial charge in [-0.15, -0.1) is 0 Å². The largest absolute Gasteiger partial charge is 0.393 e. The predicted octanol–water partition coefficient (Wildman–Crippen LogP) is 0.335. The molecule has 8 heteroatoms. The van der Waals surface area contributed by atoms with Gasteiger partial charge in [-0.1, -0.05) is 0 Å². The smallest absolute Gasteiger partial charge is 0.292 e. The van der Waals surface area contributed by atoms with E-state index < -0.39 is 16.7 Å². The number of nitro benzene ring substituents is 1. The first-order valence-electron chi connectivity index (χ1n) is 5.91. The molecule has 1 aromatic carbocycles. The highest BCUT2D eigenvalue weighted by Gasteiger charge is 2.37. The normalized spacial score (nSPS) is 14.1.